The Balaban J connectivity index is 1.59. The molecule has 0 saturated carbocycles. The van der Waals surface area contributed by atoms with Gasteiger partial charge >= 0.3 is 0 Å². The third-order valence-electron chi connectivity index (χ3n) is 4.55. The molecule has 1 N–H and O–H groups in total. The van der Waals surface area contributed by atoms with Crippen LogP contribution >= 0.6 is 23.6 Å². The Morgan fingerprint density at radius 2 is 2.12 bits per heavy atom. The molecule has 1 aromatic carbocycles. The molecule has 0 radical (unpaired) electrons. The van der Waals surface area contributed by atoms with E-state index in [2.05, 4.69) is 22.3 Å². The summed E-state index contributed by atoms with van der Waals surface area (Å²) < 4.78 is 2.27. The highest BCUT2D eigenvalue weighted by atomic mass is 32.1. The van der Waals surface area contributed by atoms with Gasteiger partial charge in [0, 0.05) is 6.54 Å². The number of thiophene rings is 1. The lowest BCUT2D eigenvalue weighted by molar-refractivity contribution is -0.132. The van der Waals surface area contributed by atoms with Crippen LogP contribution in [0.25, 0.3) is 10.7 Å². The number of amides is 1. The maximum absolute atomic E-state index is 13.0. The molecule has 2 aromatic heterocycles. The van der Waals surface area contributed by atoms with Gasteiger partial charge in [-0.15, -0.1) is 11.3 Å². The number of hydrogen-bond acceptors (Lipinski definition) is 4. The Morgan fingerprint density at radius 1 is 1.28 bits per heavy atom. The molecule has 1 aliphatic rings. The molecule has 7 heteroatoms. The lowest BCUT2D eigenvalue weighted by Gasteiger charge is -2.25. The number of aromatic amines is 1. The molecule has 1 amide bonds. The minimum absolute atomic E-state index is 0.0849. The summed E-state index contributed by atoms with van der Waals surface area (Å²) in [7, 11) is 0. The van der Waals surface area contributed by atoms with Gasteiger partial charge in [0.2, 0.25) is 5.91 Å². The molecule has 3 heterocycles. The van der Waals surface area contributed by atoms with Crippen LogP contribution in [0.15, 0.2) is 47.8 Å². The van der Waals surface area contributed by atoms with Crippen molar-refractivity contribution < 1.29 is 4.79 Å². The third-order valence-corrected chi connectivity index (χ3v) is 5.73. The molecule has 25 heavy (non-hydrogen) atoms. The van der Waals surface area contributed by atoms with Gasteiger partial charge in [-0.2, -0.15) is 5.10 Å². The fraction of sp³-hybridized carbons (Fsp3) is 0.278. The summed E-state index contributed by atoms with van der Waals surface area (Å²) in [6.07, 6.45) is 2.03. The van der Waals surface area contributed by atoms with Crippen molar-refractivity contribution in [3.8, 4) is 10.7 Å². The highest BCUT2D eigenvalue weighted by Gasteiger charge is 2.30. The zero-order chi connectivity index (χ0) is 17.2. The van der Waals surface area contributed by atoms with E-state index in [4.69, 9.17) is 12.2 Å². The van der Waals surface area contributed by atoms with Crippen molar-refractivity contribution in [2.75, 3.05) is 6.54 Å². The molecule has 1 fully saturated rings. The summed E-state index contributed by atoms with van der Waals surface area (Å²) >= 11 is 6.93. The van der Waals surface area contributed by atoms with Gasteiger partial charge in [0.25, 0.3) is 0 Å². The average Bonchev–Trinajstić information content (AvgIpc) is 3.37. The van der Waals surface area contributed by atoms with E-state index in [1.54, 1.807) is 15.9 Å². The molecule has 3 aromatic rings. The first kappa shape index (κ1) is 16.2. The number of hydrogen-bond donors (Lipinski definition) is 1. The Bertz CT molecular complexity index is 914. The smallest absolute Gasteiger partial charge is 0.243 e. The number of likely N-dealkylation sites (tertiary alicyclic amines) is 1. The summed E-state index contributed by atoms with van der Waals surface area (Å²) in [6, 6.07) is 14.3. The van der Waals surface area contributed by atoms with Gasteiger partial charge in [0.05, 0.1) is 10.9 Å². The molecule has 1 unspecified atom stereocenters. The Labute approximate surface area is 154 Å². The first-order chi connectivity index (χ1) is 12.2. The number of H-pyrrole nitrogens is 1. The molecular weight excluding hydrogens is 352 g/mol. The monoisotopic (exact) mass is 370 g/mol. The Hall–Kier alpha value is -2.25. The molecule has 0 aliphatic carbocycles. The van der Waals surface area contributed by atoms with Crippen LogP contribution in [-0.4, -0.2) is 32.1 Å². The molecule has 0 spiro atoms. The van der Waals surface area contributed by atoms with Crippen LogP contribution in [0, 0.1) is 4.77 Å². The van der Waals surface area contributed by atoms with Gasteiger partial charge in [-0.1, -0.05) is 36.4 Å². The predicted octanol–water partition coefficient (Wildman–Crippen LogP) is 4.03. The first-order valence-electron chi connectivity index (χ1n) is 8.27. The van der Waals surface area contributed by atoms with E-state index in [0.29, 0.717) is 4.77 Å². The van der Waals surface area contributed by atoms with Gasteiger partial charge in [-0.3, -0.25) is 14.5 Å². The quantitative estimate of drug-likeness (QED) is 0.706. The molecule has 128 valence electrons. The zero-order valence-corrected chi connectivity index (χ0v) is 15.2. The SMILES string of the molecule is O=C(Cn1c(-c2cccs2)n[nH]c1=S)N1CCCC1c1ccccc1. The highest BCUT2D eigenvalue weighted by Crippen LogP contribution is 2.32. The Kier molecular flexibility index (Phi) is 4.50. The second-order valence-electron chi connectivity index (χ2n) is 6.07. The maximum atomic E-state index is 13.0. The van der Waals surface area contributed by atoms with Crippen molar-refractivity contribution in [2.24, 2.45) is 0 Å². The van der Waals surface area contributed by atoms with Gasteiger partial charge in [0.1, 0.15) is 6.54 Å². The number of carbonyl (C=O) groups is 1. The maximum Gasteiger partial charge on any atom is 0.243 e. The van der Waals surface area contributed by atoms with E-state index < -0.39 is 0 Å². The summed E-state index contributed by atoms with van der Waals surface area (Å²) in [5, 5.41) is 9.11. The van der Waals surface area contributed by atoms with E-state index in [0.717, 1.165) is 30.1 Å². The molecule has 5 nitrogen and oxygen atoms in total. The summed E-state index contributed by atoms with van der Waals surface area (Å²) in [5.74, 6) is 0.811. The normalized spacial score (nSPS) is 17.1. The fourth-order valence-corrected chi connectivity index (χ4v) is 4.29. The molecular formula is C18H18N4OS2. The standard InChI is InChI=1S/C18H18N4OS2/c23-16(21-10-4-8-14(21)13-6-2-1-3-7-13)12-22-17(19-20-18(22)24)15-9-5-11-25-15/h1-3,5-7,9,11,14H,4,8,10,12H2,(H,20,24). The minimum Gasteiger partial charge on any atom is -0.334 e. The van der Waals surface area contributed by atoms with Crippen LogP contribution in [0.1, 0.15) is 24.4 Å². The van der Waals surface area contributed by atoms with E-state index in [1.165, 1.54) is 5.56 Å². The lowest BCUT2D eigenvalue weighted by atomic mass is 10.0. The number of nitrogens with zero attached hydrogens (tertiary/aromatic N) is 3. The van der Waals surface area contributed by atoms with Crippen LogP contribution in [0.5, 0.6) is 0 Å². The minimum atomic E-state index is 0.0849. The van der Waals surface area contributed by atoms with Gasteiger partial charge < -0.3 is 4.90 Å². The zero-order valence-electron chi connectivity index (χ0n) is 13.6. The van der Waals surface area contributed by atoms with Gasteiger partial charge in [-0.05, 0) is 42.1 Å². The molecule has 4 rings (SSSR count). The average molecular weight is 371 g/mol. The molecule has 1 aliphatic heterocycles. The second kappa shape index (κ2) is 6.93. The van der Waals surface area contributed by atoms with Crippen molar-refractivity contribution in [3.05, 3.63) is 58.2 Å². The number of benzene rings is 1. The van der Waals surface area contributed by atoms with Crippen LogP contribution in [0.3, 0.4) is 0 Å². The van der Waals surface area contributed by atoms with E-state index in [1.807, 2.05) is 40.6 Å². The summed E-state index contributed by atoms with van der Waals surface area (Å²) in [4.78, 5) is 16.0. The second-order valence-corrected chi connectivity index (χ2v) is 7.41. The largest absolute Gasteiger partial charge is 0.334 e. The van der Waals surface area contributed by atoms with Crippen molar-refractivity contribution in [1.29, 1.82) is 0 Å². The lowest BCUT2D eigenvalue weighted by Crippen LogP contribution is -2.33. The molecule has 1 atom stereocenters. The molecule has 1 saturated heterocycles. The number of rotatable bonds is 4. The summed E-state index contributed by atoms with van der Waals surface area (Å²) in [5.41, 5.74) is 1.20. The topological polar surface area (TPSA) is 53.9 Å². The van der Waals surface area contributed by atoms with E-state index in [-0.39, 0.29) is 18.5 Å². The number of nitrogens with one attached hydrogen (secondary N) is 1. The molecule has 0 bridgehead atoms. The number of carbonyl (C=O) groups excluding carboxylic acids is 1. The number of aromatic nitrogens is 3. The summed E-state index contributed by atoms with van der Waals surface area (Å²) in [6.45, 7) is 1.00. The van der Waals surface area contributed by atoms with Gasteiger partial charge in [0.15, 0.2) is 10.6 Å². The highest BCUT2D eigenvalue weighted by molar-refractivity contribution is 7.71. The van der Waals surface area contributed by atoms with E-state index in [9.17, 15) is 4.79 Å². The Morgan fingerprint density at radius 3 is 2.88 bits per heavy atom. The van der Waals surface area contributed by atoms with Crippen molar-refractivity contribution in [2.45, 2.75) is 25.4 Å². The predicted molar refractivity (Wildman–Crippen MR) is 101 cm³/mol. The van der Waals surface area contributed by atoms with Crippen LogP contribution in [0.4, 0.5) is 0 Å². The van der Waals surface area contributed by atoms with Crippen molar-refractivity contribution >= 4 is 29.5 Å². The first-order valence-corrected chi connectivity index (χ1v) is 9.56. The third kappa shape index (κ3) is 3.17. The van der Waals surface area contributed by atoms with E-state index >= 15 is 0 Å². The van der Waals surface area contributed by atoms with Crippen LogP contribution in [0.2, 0.25) is 0 Å². The fourth-order valence-electron chi connectivity index (χ4n) is 3.37. The van der Waals surface area contributed by atoms with Crippen LogP contribution < -0.4 is 0 Å². The van der Waals surface area contributed by atoms with Crippen molar-refractivity contribution in [3.63, 3.8) is 0 Å². The van der Waals surface area contributed by atoms with Crippen molar-refractivity contribution in [1.82, 2.24) is 19.7 Å². The van der Waals surface area contributed by atoms with Gasteiger partial charge in [-0.25, -0.2) is 0 Å². The van der Waals surface area contributed by atoms with Crippen LogP contribution in [-0.2, 0) is 11.3 Å².